The van der Waals surface area contributed by atoms with Crippen LogP contribution in [0.4, 0.5) is 0 Å². The van der Waals surface area contributed by atoms with Gasteiger partial charge < -0.3 is 4.74 Å². The number of isocyanates is 2. The van der Waals surface area contributed by atoms with Gasteiger partial charge in [-0.05, 0) is 12.1 Å². The Balaban J connectivity index is 0.000000208. The van der Waals surface area contributed by atoms with Crippen molar-refractivity contribution in [3.63, 3.8) is 0 Å². The molecular weight excluding hydrogens is 172 g/mol. The quantitative estimate of drug-likeness (QED) is 0.364. The molecule has 0 saturated carbocycles. The highest BCUT2D eigenvalue weighted by molar-refractivity contribution is 5.53. The molecule has 0 spiro atoms. The first-order chi connectivity index (χ1) is 6.29. The highest BCUT2D eigenvalue weighted by atomic mass is 16.6. The minimum absolute atomic E-state index is 0.750. The van der Waals surface area contributed by atoms with Crippen LogP contribution in [0.1, 0.15) is 0 Å². The van der Waals surface area contributed by atoms with Gasteiger partial charge in [0.1, 0.15) is 0 Å². The molecule has 2 rings (SSSR count). The van der Waals surface area contributed by atoms with Crippen molar-refractivity contribution in [1.82, 2.24) is 0 Å². The topological polar surface area (TPSA) is 94.4 Å². The van der Waals surface area contributed by atoms with Gasteiger partial charge in [0.25, 0.3) is 0 Å². The molecular formula is C8H6N2O3. The first-order valence-corrected chi connectivity index (χ1v) is 3.14. The van der Waals surface area contributed by atoms with E-state index in [1.165, 1.54) is 0 Å². The van der Waals surface area contributed by atoms with E-state index in [0.717, 1.165) is 23.7 Å². The second-order valence-electron chi connectivity index (χ2n) is 1.75. The number of hydrogen-bond acceptors (Lipinski definition) is 5. The molecule has 0 amide bonds. The minimum Gasteiger partial charge on any atom is -0.450 e. The maximum absolute atomic E-state index is 8.35. The molecule has 1 heterocycles. The summed E-state index contributed by atoms with van der Waals surface area (Å²) < 4.78 is 4.94. The van der Waals surface area contributed by atoms with Crippen LogP contribution < -0.4 is 4.74 Å². The molecule has 0 aliphatic carbocycles. The Bertz CT molecular complexity index is 304. The Hall–Kier alpha value is -2.22. The van der Waals surface area contributed by atoms with Crippen LogP contribution in [0.25, 0.3) is 0 Å². The molecule has 0 fully saturated rings. The van der Waals surface area contributed by atoms with E-state index in [9.17, 15) is 0 Å². The molecule has 0 aromatic heterocycles. The molecule has 5 heteroatoms. The number of hydrogen-bond donors (Lipinski definition) is 2. The van der Waals surface area contributed by atoms with E-state index in [1.807, 2.05) is 24.3 Å². The van der Waals surface area contributed by atoms with Crippen molar-refractivity contribution < 1.29 is 14.3 Å². The number of para-hydroxylation sites is 2. The molecule has 0 saturated heterocycles. The number of benzene rings is 1. The van der Waals surface area contributed by atoms with Crippen LogP contribution in [0, 0.1) is 10.8 Å². The first kappa shape index (κ1) is 10.8. The predicted molar refractivity (Wildman–Crippen MR) is 43.3 cm³/mol. The zero-order valence-electron chi connectivity index (χ0n) is 6.53. The van der Waals surface area contributed by atoms with Gasteiger partial charge in [-0.25, -0.2) is 20.4 Å². The van der Waals surface area contributed by atoms with Crippen molar-refractivity contribution in [2.45, 2.75) is 0 Å². The van der Waals surface area contributed by atoms with Gasteiger partial charge in [-0.3, -0.25) is 0 Å². The second-order valence-corrected chi connectivity index (χ2v) is 1.75. The maximum Gasteiger partial charge on any atom is 0.231 e. The smallest absolute Gasteiger partial charge is 0.231 e. The van der Waals surface area contributed by atoms with Gasteiger partial charge in [0, 0.05) is 0 Å². The average Bonchev–Trinajstić information content (AvgIpc) is 2.84. The molecule has 0 atom stereocenters. The van der Waals surface area contributed by atoms with Crippen molar-refractivity contribution in [2.24, 2.45) is 0 Å². The van der Waals surface area contributed by atoms with Gasteiger partial charge in [-0.1, -0.05) is 12.1 Å². The fourth-order valence-electron chi connectivity index (χ4n) is 0.611. The number of carbonyl (C=O) groups excluding carboxylic acids is 2. The zero-order valence-corrected chi connectivity index (χ0v) is 6.53. The Labute approximate surface area is 74.0 Å². The lowest BCUT2D eigenvalue weighted by Crippen LogP contribution is -1.37. The van der Waals surface area contributed by atoms with E-state index in [2.05, 4.69) is 0 Å². The summed E-state index contributed by atoms with van der Waals surface area (Å²) in [6.07, 6.45) is 1.50. The van der Waals surface area contributed by atoms with Gasteiger partial charge >= 0.3 is 0 Å². The fraction of sp³-hybridized carbons (Fsp3) is 0. The Morgan fingerprint density at radius 1 is 1.00 bits per heavy atom. The summed E-state index contributed by atoms with van der Waals surface area (Å²) in [6, 6.07) is 7.84. The number of ether oxygens (including phenoxy) is 1. The second kappa shape index (κ2) is 6.49. The van der Waals surface area contributed by atoms with Crippen LogP contribution in [0.3, 0.4) is 0 Å². The zero-order chi connectivity index (χ0) is 10.1. The summed E-state index contributed by atoms with van der Waals surface area (Å²) in [5.74, 6) is 2.06. The highest BCUT2D eigenvalue weighted by Gasteiger charge is 2.15. The Morgan fingerprint density at radius 3 is 1.54 bits per heavy atom. The standard InChI is InChI=1S/C6H4O.2CHNO/c1-2-4-6-5(3-1)7-6;2*2-1-3/h1-4H;2*2H. The molecule has 66 valence electrons. The van der Waals surface area contributed by atoms with Gasteiger partial charge in [-0.15, -0.1) is 0 Å². The Kier molecular flexibility index (Phi) is 5.38. The van der Waals surface area contributed by atoms with E-state index < -0.39 is 0 Å². The summed E-state index contributed by atoms with van der Waals surface area (Å²) >= 11 is 0. The van der Waals surface area contributed by atoms with E-state index in [-0.39, 0.29) is 0 Å². The number of nitrogens with one attached hydrogen (secondary N) is 2. The molecule has 5 nitrogen and oxygen atoms in total. The van der Waals surface area contributed by atoms with Crippen molar-refractivity contribution in [3.8, 4) is 11.5 Å². The largest absolute Gasteiger partial charge is 0.450 e. The van der Waals surface area contributed by atoms with Crippen LogP contribution in [0.2, 0.25) is 0 Å². The summed E-state index contributed by atoms with van der Waals surface area (Å²) in [7, 11) is 0. The van der Waals surface area contributed by atoms with Crippen LogP contribution in [0.15, 0.2) is 24.3 Å². The fourth-order valence-corrected chi connectivity index (χ4v) is 0.611. The van der Waals surface area contributed by atoms with E-state index in [4.69, 9.17) is 25.1 Å². The molecule has 13 heavy (non-hydrogen) atoms. The average molecular weight is 178 g/mol. The Morgan fingerprint density at radius 2 is 1.31 bits per heavy atom. The van der Waals surface area contributed by atoms with E-state index >= 15 is 0 Å². The van der Waals surface area contributed by atoms with Crippen molar-refractivity contribution in [1.29, 1.82) is 10.8 Å². The van der Waals surface area contributed by atoms with Crippen molar-refractivity contribution in [3.05, 3.63) is 24.3 Å². The van der Waals surface area contributed by atoms with Crippen molar-refractivity contribution >= 4 is 12.2 Å². The molecule has 0 unspecified atom stereocenters. The summed E-state index contributed by atoms with van der Waals surface area (Å²) in [5.41, 5.74) is 0. The van der Waals surface area contributed by atoms with E-state index in [1.54, 1.807) is 0 Å². The summed E-state index contributed by atoms with van der Waals surface area (Å²) in [6.45, 7) is 0. The summed E-state index contributed by atoms with van der Waals surface area (Å²) in [5, 5.41) is 10.8. The minimum atomic E-state index is 0.750. The molecule has 0 bridgehead atoms. The monoisotopic (exact) mass is 178 g/mol. The third-order valence-corrected chi connectivity index (χ3v) is 1.03. The molecule has 1 aliphatic heterocycles. The molecule has 1 aromatic rings. The maximum atomic E-state index is 8.35. The SMILES string of the molecule is N=C=O.N=C=O.c1ccc2c(c1)O2. The highest BCUT2D eigenvalue weighted by Crippen LogP contribution is 2.43. The van der Waals surface area contributed by atoms with Crippen molar-refractivity contribution in [2.75, 3.05) is 0 Å². The lowest BCUT2D eigenvalue weighted by atomic mass is 10.4. The molecule has 1 aliphatic rings. The lowest BCUT2D eigenvalue weighted by Gasteiger charge is -1.61. The number of rotatable bonds is 0. The lowest BCUT2D eigenvalue weighted by molar-refractivity contribution is 0.562. The third-order valence-electron chi connectivity index (χ3n) is 1.03. The van der Waals surface area contributed by atoms with Gasteiger partial charge in [0.05, 0.1) is 0 Å². The predicted octanol–water partition coefficient (Wildman–Crippen LogP) is 1.59. The van der Waals surface area contributed by atoms with Gasteiger partial charge in [-0.2, -0.15) is 0 Å². The molecule has 1 aromatic carbocycles. The van der Waals surface area contributed by atoms with Gasteiger partial charge in [0.2, 0.25) is 12.2 Å². The van der Waals surface area contributed by atoms with Crippen LogP contribution in [0.5, 0.6) is 11.5 Å². The van der Waals surface area contributed by atoms with Gasteiger partial charge in [0.15, 0.2) is 11.5 Å². The van der Waals surface area contributed by atoms with Crippen LogP contribution in [-0.2, 0) is 9.59 Å². The first-order valence-electron chi connectivity index (χ1n) is 3.14. The third kappa shape index (κ3) is 5.09. The van der Waals surface area contributed by atoms with E-state index in [0.29, 0.717) is 0 Å². The normalized spacial score (nSPS) is 7.69. The molecule has 0 radical (unpaired) electrons. The van der Waals surface area contributed by atoms with Crippen LogP contribution in [-0.4, -0.2) is 12.2 Å². The van der Waals surface area contributed by atoms with Crippen LogP contribution >= 0.6 is 0 Å². The molecule has 2 N–H and O–H groups in total. The summed E-state index contributed by atoms with van der Waals surface area (Å²) in [4.78, 5) is 16.7. The number of fused-ring (bicyclic) bond motifs is 1.